The average Bonchev–Trinajstić information content (AvgIpc) is 2.83. The van der Waals surface area contributed by atoms with Crippen molar-refractivity contribution >= 4 is 17.8 Å². The normalized spacial score (nSPS) is 15.6. The number of fused-ring (bicyclic) bond motifs is 1. The van der Waals surface area contributed by atoms with E-state index in [0.717, 1.165) is 41.8 Å². The molecule has 0 fully saturated rings. The topological polar surface area (TPSA) is 41.6 Å². The highest BCUT2D eigenvalue weighted by Gasteiger charge is 2.29. The number of methoxy groups -OCH3 is 1. The zero-order chi connectivity index (χ0) is 22.3. The molecule has 4 nitrogen and oxygen atoms in total. The molecule has 0 saturated carbocycles. The molecule has 0 saturated heterocycles. The minimum Gasteiger partial charge on any atom is -0.497 e. The summed E-state index contributed by atoms with van der Waals surface area (Å²) in [6, 6.07) is 26.2. The molecule has 1 N–H and O–H groups in total. The van der Waals surface area contributed by atoms with Gasteiger partial charge < -0.3 is 15.0 Å². The van der Waals surface area contributed by atoms with E-state index in [4.69, 9.17) is 4.74 Å². The molecule has 3 aromatic carbocycles. The molecule has 0 aromatic heterocycles. The van der Waals surface area contributed by atoms with E-state index in [2.05, 4.69) is 54.7 Å². The highest BCUT2D eigenvalue weighted by atomic mass is 16.5. The summed E-state index contributed by atoms with van der Waals surface area (Å²) in [5, 5.41) is 3.09. The van der Waals surface area contributed by atoms with E-state index < -0.39 is 0 Å². The van der Waals surface area contributed by atoms with Gasteiger partial charge in [0.25, 0.3) is 0 Å². The number of carbonyl (C=O) groups excluding carboxylic acids is 1. The molecule has 164 valence electrons. The summed E-state index contributed by atoms with van der Waals surface area (Å²) < 4.78 is 5.32. The van der Waals surface area contributed by atoms with Crippen LogP contribution in [-0.2, 0) is 6.42 Å². The zero-order valence-electron chi connectivity index (χ0n) is 18.8. The maximum Gasteiger partial charge on any atom is 0.322 e. The van der Waals surface area contributed by atoms with Crippen molar-refractivity contribution in [1.82, 2.24) is 4.90 Å². The third-order valence-electron chi connectivity index (χ3n) is 5.93. The Morgan fingerprint density at radius 2 is 1.84 bits per heavy atom. The van der Waals surface area contributed by atoms with Crippen LogP contribution in [0.15, 0.2) is 84.4 Å². The third kappa shape index (κ3) is 5.20. The number of benzene rings is 3. The molecule has 1 aliphatic carbocycles. The maximum atomic E-state index is 13.6. The van der Waals surface area contributed by atoms with Crippen molar-refractivity contribution in [3.8, 4) is 5.75 Å². The highest BCUT2D eigenvalue weighted by molar-refractivity contribution is 5.90. The number of amides is 2. The van der Waals surface area contributed by atoms with E-state index in [9.17, 15) is 4.79 Å². The molecule has 2 amide bonds. The first kappa shape index (κ1) is 21.7. The predicted molar refractivity (Wildman–Crippen MR) is 131 cm³/mol. The van der Waals surface area contributed by atoms with Crippen molar-refractivity contribution in [2.75, 3.05) is 19.0 Å². The first-order valence-corrected chi connectivity index (χ1v) is 11.2. The van der Waals surface area contributed by atoms with E-state index in [1.165, 1.54) is 11.1 Å². The fourth-order valence-electron chi connectivity index (χ4n) is 4.42. The summed E-state index contributed by atoms with van der Waals surface area (Å²) >= 11 is 0. The van der Waals surface area contributed by atoms with Gasteiger partial charge >= 0.3 is 6.03 Å². The van der Waals surface area contributed by atoms with Crippen molar-refractivity contribution in [2.45, 2.75) is 32.2 Å². The molecule has 4 heteroatoms. The Morgan fingerprint density at radius 3 is 2.66 bits per heavy atom. The number of carbonyl (C=O) groups is 1. The molecule has 4 rings (SSSR count). The summed E-state index contributed by atoms with van der Waals surface area (Å²) in [5.74, 6) is 0.720. The van der Waals surface area contributed by atoms with Gasteiger partial charge in [-0.05, 0) is 55.0 Å². The lowest BCUT2D eigenvalue weighted by atomic mass is 9.86. The van der Waals surface area contributed by atoms with Crippen LogP contribution >= 0.6 is 0 Å². The van der Waals surface area contributed by atoms with Crippen molar-refractivity contribution < 1.29 is 9.53 Å². The number of hydrogen-bond acceptors (Lipinski definition) is 2. The fourth-order valence-corrected chi connectivity index (χ4v) is 4.42. The van der Waals surface area contributed by atoms with Gasteiger partial charge in [-0.15, -0.1) is 0 Å². The monoisotopic (exact) mass is 426 g/mol. The maximum absolute atomic E-state index is 13.6. The predicted octanol–water partition coefficient (Wildman–Crippen LogP) is 6.71. The van der Waals surface area contributed by atoms with Crippen LogP contribution in [0.3, 0.4) is 0 Å². The number of nitrogens with zero attached hydrogens (tertiary/aromatic N) is 1. The Morgan fingerprint density at radius 1 is 1.06 bits per heavy atom. The first-order valence-electron chi connectivity index (χ1n) is 11.2. The van der Waals surface area contributed by atoms with E-state index in [1.54, 1.807) is 7.11 Å². The molecule has 0 spiro atoms. The molecule has 0 aliphatic heterocycles. The molecule has 3 aromatic rings. The molecule has 1 unspecified atom stereocenters. The lowest BCUT2D eigenvalue weighted by Gasteiger charge is -2.36. The minimum absolute atomic E-state index is 0.0460. The van der Waals surface area contributed by atoms with Crippen LogP contribution < -0.4 is 10.1 Å². The van der Waals surface area contributed by atoms with E-state index >= 15 is 0 Å². The second-order valence-electron chi connectivity index (χ2n) is 8.30. The van der Waals surface area contributed by atoms with E-state index in [-0.39, 0.29) is 12.1 Å². The molecular formula is C28H30N2O2. The lowest BCUT2D eigenvalue weighted by Crippen LogP contribution is -2.40. The van der Waals surface area contributed by atoms with Crippen molar-refractivity contribution in [2.24, 2.45) is 0 Å². The molecule has 0 radical (unpaired) electrons. The van der Waals surface area contributed by atoms with Gasteiger partial charge in [-0.3, -0.25) is 0 Å². The van der Waals surface area contributed by atoms with Crippen LogP contribution in [0.1, 0.15) is 42.5 Å². The standard InChI is InChI=1S/C28H30N2O2/c1-21(18-22-10-4-3-5-11-22)20-30(27-17-8-13-23-12-6-7-16-26(23)27)28(31)29-24-14-9-15-25(19-24)32-2/h3-7,9-12,14-16,18-19,27H,8,13,17,20H2,1-2H3,(H,29,31)/b21-18+. The number of hydrogen-bond donors (Lipinski definition) is 1. The molecule has 0 heterocycles. The summed E-state index contributed by atoms with van der Waals surface area (Å²) in [5.41, 5.74) is 5.61. The van der Waals surface area contributed by atoms with Crippen molar-refractivity contribution in [1.29, 1.82) is 0 Å². The van der Waals surface area contributed by atoms with Crippen molar-refractivity contribution in [3.05, 3.63) is 101 Å². The zero-order valence-corrected chi connectivity index (χ0v) is 18.8. The third-order valence-corrected chi connectivity index (χ3v) is 5.93. The smallest absolute Gasteiger partial charge is 0.322 e. The second kappa shape index (κ2) is 10.2. The van der Waals surface area contributed by atoms with Gasteiger partial charge in [0, 0.05) is 18.3 Å². The van der Waals surface area contributed by atoms with Gasteiger partial charge in [0.05, 0.1) is 13.2 Å². The average molecular weight is 427 g/mol. The molecule has 1 aliphatic rings. The van der Waals surface area contributed by atoms with Crippen molar-refractivity contribution in [3.63, 3.8) is 0 Å². The molecule has 32 heavy (non-hydrogen) atoms. The SMILES string of the molecule is COc1cccc(NC(=O)N(C/C(C)=C/c2ccccc2)C2CCCc3ccccc32)c1. The number of anilines is 1. The number of urea groups is 1. The van der Waals surface area contributed by atoms with Crippen LogP contribution in [-0.4, -0.2) is 24.6 Å². The summed E-state index contributed by atoms with van der Waals surface area (Å²) in [7, 11) is 1.63. The lowest BCUT2D eigenvalue weighted by molar-refractivity contribution is 0.186. The van der Waals surface area contributed by atoms with Crippen LogP contribution in [0, 0.1) is 0 Å². The van der Waals surface area contributed by atoms with E-state index in [1.807, 2.05) is 47.4 Å². The first-order chi connectivity index (χ1) is 15.6. The molecule has 1 atom stereocenters. The number of nitrogens with one attached hydrogen (secondary N) is 1. The Hall–Kier alpha value is -3.53. The quantitative estimate of drug-likeness (QED) is 0.476. The van der Waals surface area contributed by atoms with Crippen LogP contribution in [0.25, 0.3) is 6.08 Å². The van der Waals surface area contributed by atoms with Crippen LogP contribution in [0.2, 0.25) is 0 Å². The van der Waals surface area contributed by atoms with Crippen LogP contribution in [0.5, 0.6) is 5.75 Å². The van der Waals surface area contributed by atoms with Gasteiger partial charge in [0.2, 0.25) is 0 Å². The Labute approximate surface area is 190 Å². The van der Waals surface area contributed by atoms with Gasteiger partial charge in [0.15, 0.2) is 0 Å². The second-order valence-corrected chi connectivity index (χ2v) is 8.30. The summed E-state index contributed by atoms with van der Waals surface area (Å²) in [6.07, 6.45) is 5.25. The number of rotatable bonds is 6. The Bertz CT molecular complexity index is 1090. The van der Waals surface area contributed by atoms with Gasteiger partial charge in [-0.1, -0.05) is 72.3 Å². The largest absolute Gasteiger partial charge is 0.497 e. The van der Waals surface area contributed by atoms with Crippen LogP contribution in [0.4, 0.5) is 10.5 Å². The summed E-state index contributed by atoms with van der Waals surface area (Å²) in [6.45, 7) is 2.65. The molecule has 0 bridgehead atoms. The number of ether oxygens (including phenoxy) is 1. The molecular weight excluding hydrogens is 396 g/mol. The van der Waals surface area contributed by atoms with Gasteiger partial charge in [0.1, 0.15) is 5.75 Å². The van der Waals surface area contributed by atoms with E-state index in [0.29, 0.717) is 6.54 Å². The minimum atomic E-state index is -0.0965. The van der Waals surface area contributed by atoms with Gasteiger partial charge in [-0.25, -0.2) is 4.79 Å². The Balaban J connectivity index is 1.63. The van der Waals surface area contributed by atoms with Gasteiger partial charge in [-0.2, -0.15) is 0 Å². The highest BCUT2D eigenvalue weighted by Crippen LogP contribution is 2.35. The number of aryl methyl sites for hydroxylation is 1. The Kier molecular flexibility index (Phi) is 6.90. The summed E-state index contributed by atoms with van der Waals surface area (Å²) in [4.78, 5) is 15.5. The fraction of sp³-hybridized carbons (Fsp3) is 0.250.